The van der Waals surface area contributed by atoms with Gasteiger partial charge in [0.1, 0.15) is 0 Å². The Hall–Kier alpha value is 0.0900. The van der Waals surface area contributed by atoms with Crippen LogP contribution in [0.5, 0.6) is 0 Å². The van der Waals surface area contributed by atoms with E-state index in [4.69, 9.17) is 34.8 Å². The van der Waals surface area contributed by atoms with Crippen molar-refractivity contribution in [3.05, 3.63) is 42.3 Å². The molecular weight excluding hydrogens is 214 g/mol. The minimum atomic E-state index is -1.34. The van der Waals surface area contributed by atoms with Crippen molar-refractivity contribution in [2.75, 3.05) is 0 Å². The fraction of sp³-hybridized carbons (Fsp3) is 0.222. The van der Waals surface area contributed by atoms with Gasteiger partial charge in [-0.1, -0.05) is 59.1 Å². The monoisotopic (exact) mass is 221 g/mol. The van der Waals surface area contributed by atoms with E-state index in [0.717, 1.165) is 5.56 Å². The van der Waals surface area contributed by atoms with Gasteiger partial charge in [0.25, 0.3) is 0 Å². The molecule has 0 aliphatic heterocycles. The molecule has 1 aromatic rings. The van der Waals surface area contributed by atoms with Gasteiger partial charge in [-0.15, -0.1) is 0 Å². The number of rotatable bonds is 1. The fourth-order valence-electron chi connectivity index (χ4n) is 1.01. The summed E-state index contributed by atoms with van der Waals surface area (Å²) >= 11 is 17.2. The Labute approximate surface area is 87.4 Å². The predicted octanol–water partition coefficient (Wildman–Crippen LogP) is 3.89. The number of alkyl halides is 3. The Morgan fingerprint density at radius 2 is 1.75 bits per heavy atom. The van der Waals surface area contributed by atoms with E-state index in [0.29, 0.717) is 12.0 Å². The first-order valence-electron chi connectivity index (χ1n) is 3.50. The zero-order valence-corrected chi connectivity index (χ0v) is 8.63. The van der Waals surface area contributed by atoms with Crippen molar-refractivity contribution in [3.63, 3.8) is 0 Å². The lowest BCUT2D eigenvalue weighted by Gasteiger charge is -2.14. The normalized spacial score (nSPS) is 11.7. The van der Waals surface area contributed by atoms with Crippen LogP contribution < -0.4 is 0 Å². The zero-order chi connectivity index (χ0) is 9.19. The molecule has 0 aliphatic rings. The van der Waals surface area contributed by atoms with Gasteiger partial charge in [0.05, 0.1) is 0 Å². The number of halogens is 3. The highest BCUT2D eigenvalue weighted by Crippen LogP contribution is 2.39. The van der Waals surface area contributed by atoms with Crippen molar-refractivity contribution < 1.29 is 0 Å². The summed E-state index contributed by atoms with van der Waals surface area (Å²) in [6.45, 7) is 3.75. The van der Waals surface area contributed by atoms with Crippen LogP contribution in [-0.2, 0) is 10.2 Å². The van der Waals surface area contributed by atoms with Gasteiger partial charge in [0.2, 0.25) is 3.79 Å². The van der Waals surface area contributed by atoms with Crippen LogP contribution in [0.3, 0.4) is 0 Å². The first kappa shape index (κ1) is 10.2. The van der Waals surface area contributed by atoms with E-state index in [2.05, 4.69) is 6.92 Å². The second-order valence-corrected chi connectivity index (χ2v) is 4.69. The predicted molar refractivity (Wildman–Crippen MR) is 54.7 cm³/mol. The maximum Gasteiger partial charge on any atom is 0.216 e. The third-order valence-electron chi connectivity index (χ3n) is 1.59. The second-order valence-electron chi connectivity index (χ2n) is 2.40. The molecule has 0 atom stereocenters. The van der Waals surface area contributed by atoms with E-state index in [-0.39, 0.29) is 0 Å². The van der Waals surface area contributed by atoms with Crippen molar-refractivity contribution >= 4 is 34.8 Å². The Morgan fingerprint density at radius 3 is 2.17 bits per heavy atom. The molecule has 0 saturated carbocycles. The largest absolute Gasteiger partial charge is 0.216 e. The molecule has 0 nitrogen and oxygen atoms in total. The molecule has 3 heteroatoms. The standard InChI is InChI=1S/C9H8Cl3/c1-2-7-5-3-4-6-8(7)9(10,11)12/h3-6H,1-2H2. The zero-order valence-electron chi connectivity index (χ0n) is 6.36. The molecule has 1 aromatic carbocycles. The SMILES string of the molecule is [CH2]Cc1ccccc1C(Cl)(Cl)Cl. The van der Waals surface area contributed by atoms with Gasteiger partial charge in [-0.05, 0) is 18.9 Å². The van der Waals surface area contributed by atoms with Gasteiger partial charge in [-0.25, -0.2) is 0 Å². The highest BCUT2D eigenvalue weighted by molar-refractivity contribution is 6.66. The number of benzene rings is 1. The molecule has 0 bridgehead atoms. The van der Waals surface area contributed by atoms with Crippen LogP contribution in [0.15, 0.2) is 24.3 Å². The minimum Gasteiger partial charge on any atom is -0.0784 e. The summed E-state index contributed by atoms with van der Waals surface area (Å²) in [7, 11) is 0. The second kappa shape index (κ2) is 3.87. The summed E-state index contributed by atoms with van der Waals surface area (Å²) in [5.41, 5.74) is 1.68. The van der Waals surface area contributed by atoms with E-state index in [1.165, 1.54) is 0 Å². The molecule has 0 N–H and O–H groups in total. The van der Waals surface area contributed by atoms with Crippen LogP contribution in [0.4, 0.5) is 0 Å². The molecular formula is C9H8Cl3. The van der Waals surface area contributed by atoms with Crippen molar-refractivity contribution in [3.8, 4) is 0 Å². The first-order valence-corrected chi connectivity index (χ1v) is 4.63. The molecule has 0 aliphatic carbocycles. The van der Waals surface area contributed by atoms with Gasteiger partial charge >= 0.3 is 0 Å². The molecule has 65 valence electrons. The number of hydrogen-bond donors (Lipinski definition) is 0. The maximum absolute atomic E-state index is 5.75. The van der Waals surface area contributed by atoms with Crippen LogP contribution in [-0.4, -0.2) is 0 Å². The van der Waals surface area contributed by atoms with Gasteiger partial charge < -0.3 is 0 Å². The molecule has 0 amide bonds. The van der Waals surface area contributed by atoms with E-state index in [1.807, 2.05) is 18.2 Å². The van der Waals surface area contributed by atoms with Gasteiger partial charge in [-0.3, -0.25) is 0 Å². The molecule has 1 rings (SSSR count). The van der Waals surface area contributed by atoms with Crippen molar-refractivity contribution in [2.24, 2.45) is 0 Å². The Bertz CT molecular complexity index is 263. The Kier molecular flexibility index (Phi) is 3.28. The minimum absolute atomic E-state index is 0.629. The van der Waals surface area contributed by atoms with Crippen LogP contribution in [0.25, 0.3) is 0 Å². The first-order chi connectivity index (χ1) is 5.55. The molecule has 0 heterocycles. The van der Waals surface area contributed by atoms with Gasteiger partial charge in [0.15, 0.2) is 0 Å². The van der Waals surface area contributed by atoms with Crippen LogP contribution >= 0.6 is 34.8 Å². The van der Waals surface area contributed by atoms with Crippen LogP contribution in [0.2, 0.25) is 0 Å². The molecule has 0 unspecified atom stereocenters. The number of hydrogen-bond acceptors (Lipinski definition) is 0. The molecule has 0 spiro atoms. The summed E-state index contributed by atoms with van der Waals surface area (Å²) in [5, 5.41) is 0. The average molecular weight is 223 g/mol. The third-order valence-corrected chi connectivity index (χ3v) is 2.20. The lowest BCUT2D eigenvalue weighted by molar-refractivity contribution is 1.13. The van der Waals surface area contributed by atoms with Crippen LogP contribution in [0.1, 0.15) is 11.1 Å². The average Bonchev–Trinajstić information content (AvgIpc) is 2.03. The summed E-state index contributed by atoms with van der Waals surface area (Å²) in [4.78, 5) is 0. The van der Waals surface area contributed by atoms with Crippen molar-refractivity contribution in [1.29, 1.82) is 0 Å². The topological polar surface area (TPSA) is 0 Å². The third kappa shape index (κ3) is 2.29. The molecule has 0 aromatic heterocycles. The summed E-state index contributed by atoms with van der Waals surface area (Å²) in [6, 6.07) is 7.45. The lowest BCUT2D eigenvalue weighted by atomic mass is 10.1. The Morgan fingerprint density at radius 1 is 1.17 bits per heavy atom. The molecule has 0 saturated heterocycles. The summed E-state index contributed by atoms with van der Waals surface area (Å²) in [5.74, 6) is 0. The van der Waals surface area contributed by atoms with E-state index in [1.54, 1.807) is 6.07 Å². The fourth-order valence-corrected chi connectivity index (χ4v) is 1.57. The van der Waals surface area contributed by atoms with Crippen LogP contribution in [0, 0.1) is 6.92 Å². The van der Waals surface area contributed by atoms with Crippen molar-refractivity contribution in [2.45, 2.75) is 10.2 Å². The van der Waals surface area contributed by atoms with Gasteiger partial charge in [-0.2, -0.15) is 0 Å². The highest BCUT2D eigenvalue weighted by Gasteiger charge is 2.24. The summed E-state index contributed by atoms with van der Waals surface area (Å²) in [6.07, 6.45) is 0.629. The van der Waals surface area contributed by atoms with E-state index in [9.17, 15) is 0 Å². The summed E-state index contributed by atoms with van der Waals surface area (Å²) < 4.78 is -1.34. The smallest absolute Gasteiger partial charge is 0.0784 e. The molecule has 0 fully saturated rings. The van der Waals surface area contributed by atoms with E-state index >= 15 is 0 Å². The van der Waals surface area contributed by atoms with E-state index < -0.39 is 3.79 Å². The molecule has 1 radical (unpaired) electrons. The molecule has 12 heavy (non-hydrogen) atoms. The quantitative estimate of drug-likeness (QED) is 0.633. The maximum atomic E-state index is 5.75. The lowest BCUT2D eigenvalue weighted by Crippen LogP contribution is -2.04. The highest BCUT2D eigenvalue weighted by atomic mass is 35.6. The van der Waals surface area contributed by atoms with Gasteiger partial charge in [0, 0.05) is 5.56 Å². The Balaban J connectivity index is 3.14. The van der Waals surface area contributed by atoms with Crippen molar-refractivity contribution in [1.82, 2.24) is 0 Å².